The molecule has 0 aliphatic heterocycles. The van der Waals surface area contributed by atoms with Crippen LogP contribution < -0.4 is 5.14 Å². The van der Waals surface area contributed by atoms with Gasteiger partial charge in [0.2, 0.25) is 10.0 Å². The van der Waals surface area contributed by atoms with Crippen LogP contribution in [0.25, 0.3) is 0 Å². The second-order valence-corrected chi connectivity index (χ2v) is 7.63. The van der Waals surface area contributed by atoms with Crippen LogP contribution in [0, 0.1) is 5.92 Å². The van der Waals surface area contributed by atoms with Crippen molar-refractivity contribution in [1.82, 2.24) is 0 Å². The Morgan fingerprint density at radius 1 is 1.11 bits per heavy atom. The molecule has 0 amide bonds. The molecule has 18 heavy (non-hydrogen) atoms. The van der Waals surface area contributed by atoms with Gasteiger partial charge in [0.1, 0.15) is 0 Å². The summed E-state index contributed by atoms with van der Waals surface area (Å²) in [6.07, 6.45) is 12.4. The highest BCUT2D eigenvalue weighted by Crippen LogP contribution is 2.29. The van der Waals surface area contributed by atoms with Crippen LogP contribution in [-0.4, -0.2) is 13.7 Å². The number of sulfonamides is 1. The molecule has 1 aliphatic rings. The van der Waals surface area contributed by atoms with Crippen molar-refractivity contribution in [1.29, 1.82) is 0 Å². The smallest absolute Gasteiger partial charge is 0.211 e. The molecule has 1 aliphatic carbocycles. The molecule has 1 saturated carbocycles. The van der Waals surface area contributed by atoms with Crippen molar-refractivity contribution in [3.05, 3.63) is 0 Å². The summed E-state index contributed by atoms with van der Waals surface area (Å²) in [6, 6.07) is 0. The minimum atomic E-state index is -3.35. The number of hydrogen-bond acceptors (Lipinski definition) is 2. The predicted octanol–water partition coefficient (Wildman–Crippen LogP) is 3.58. The van der Waals surface area contributed by atoms with Crippen LogP contribution >= 0.6 is 0 Å². The van der Waals surface area contributed by atoms with Gasteiger partial charge < -0.3 is 0 Å². The maximum atomic E-state index is 11.6. The molecule has 1 fully saturated rings. The summed E-state index contributed by atoms with van der Waals surface area (Å²) in [5.41, 5.74) is 0. The highest BCUT2D eigenvalue weighted by Gasteiger charge is 2.23. The SMILES string of the molecule is CCCCCC(CCC1CCCCC1)S(N)(=O)=O. The first-order chi connectivity index (χ1) is 8.54. The Balaban J connectivity index is 2.35. The van der Waals surface area contributed by atoms with Crippen molar-refractivity contribution < 1.29 is 8.42 Å². The van der Waals surface area contributed by atoms with Crippen molar-refractivity contribution in [2.45, 2.75) is 82.8 Å². The third-order valence-electron chi connectivity index (χ3n) is 4.22. The van der Waals surface area contributed by atoms with Crippen LogP contribution in [0.3, 0.4) is 0 Å². The molecule has 1 atom stereocenters. The molecular weight excluding hydrogens is 246 g/mol. The lowest BCUT2D eigenvalue weighted by atomic mass is 9.85. The topological polar surface area (TPSA) is 60.2 Å². The van der Waals surface area contributed by atoms with Gasteiger partial charge in [-0.05, 0) is 25.2 Å². The van der Waals surface area contributed by atoms with E-state index in [1.165, 1.54) is 32.1 Å². The fourth-order valence-corrected chi connectivity index (χ4v) is 3.95. The summed E-state index contributed by atoms with van der Waals surface area (Å²) in [4.78, 5) is 0. The minimum Gasteiger partial charge on any atom is -0.228 e. The van der Waals surface area contributed by atoms with Gasteiger partial charge in [-0.15, -0.1) is 0 Å². The van der Waals surface area contributed by atoms with E-state index in [4.69, 9.17) is 5.14 Å². The zero-order valence-electron chi connectivity index (χ0n) is 11.7. The molecule has 4 heteroatoms. The average molecular weight is 275 g/mol. The molecule has 3 nitrogen and oxygen atoms in total. The Hall–Kier alpha value is -0.0900. The number of unbranched alkanes of at least 4 members (excludes halogenated alkanes) is 2. The average Bonchev–Trinajstić information content (AvgIpc) is 2.33. The molecule has 108 valence electrons. The Kier molecular flexibility index (Phi) is 7.23. The van der Waals surface area contributed by atoms with Crippen LogP contribution in [-0.2, 0) is 10.0 Å². The first-order valence-corrected chi connectivity index (χ1v) is 9.16. The molecule has 0 heterocycles. The minimum absolute atomic E-state index is 0.300. The van der Waals surface area contributed by atoms with Crippen molar-refractivity contribution in [3.8, 4) is 0 Å². The van der Waals surface area contributed by atoms with Crippen LogP contribution in [0.4, 0.5) is 0 Å². The van der Waals surface area contributed by atoms with Gasteiger partial charge >= 0.3 is 0 Å². The first kappa shape index (κ1) is 16.0. The molecular formula is C14H29NO2S. The second-order valence-electron chi connectivity index (χ2n) is 5.79. The van der Waals surface area contributed by atoms with Crippen molar-refractivity contribution in [3.63, 3.8) is 0 Å². The fourth-order valence-electron chi connectivity index (χ4n) is 2.99. The van der Waals surface area contributed by atoms with Crippen molar-refractivity contribution >= 4 is 10.0 Å². The maximum Gasteiger partial charge on any atom is 0.211 e. The number of hydrogen-bond donors (Lipinski definition) is 1. The second kappa shape index (κ2) is 8.16. The summed E-state index contributed by atoms with van der Waals surface area (Å²) in [5.74, 6) is 0.745. The Morgan fingerprint density at radius 2 is 1.78 bits per heavy atom. The number of nitrogens with two attached hydrogens (primary N) is 1. The Morgan fingerprint density at radius 3 is 2.33 bits per heavy atom. The molecule has 1 rings (SSSR count). The van der Waals surface area contributed by atoms with Gasteiger partial charge in [-0.1, -0.05) is 58.3 Å². The van der Waals surface area contributed by atoms with E-state index < -0.39 is 10.0 Å². The first-order valence-electron chi connectivity index (χ1n) is 7.55. The van der Waals surface area contributed by atoms with E-state index in [-0.39, 0.29) is 5.25 Å². The van der Waals surface area contributed by atoms with Gasteiger partial charge in [-0.2, -0.15) is 0 Å². The third-order valence-corrected chi connectivity index (χ3v) is 5.62. The molecule has 0 saturated heterocycles. The van der Waals surface area contributed by atoms with E-state index in [0.29, 0.717) is 0 Å². The highest BCUT2D eigenvalue weighted by atomic mass is 32.2. The fraction of sp³-hybridized carbons (Fsp3) is 1.00. The Labute approximate surface area is 113 Å². The van der Waals surface area contributed by atoms with Crippen molar-refractivity contribution in [2.24, 2.45) is 11.1 Å². The number of rotatable bonds is 8. The summed E-state index contributed by atoms with van der Waals surface area (Å²) in [6.45, 7) is 2.13. The van der Waals surface area contributed by atoms with E-state index in [9.17, 15) is 8.42 Å². The largest absolute Gasteiger partial charge is 0.228 e. The van der Waals surface area contributed by atoms with Crippen LogP contribution in [0.15, 0.2) is 0 Å². The molecule has 0 bridgehead atoms. The van der Waals surface area contributed by atoms with Crippen molar-refractivity contribution in [2.75, 3.05) is 0 Å². The normalized spacial score (nSPS) is 19.9. The van der Waals surface area contributed by atoms with Crippen LogP contribution in [0.1, 0.15) is 77.6 Å². The molecule has 0 radical (unpaired) electrons. The van der Waals surface area contributed by atoms with Gasteiger partial charge in [0.05, 0.1) is 5.25 Å². The lowest BCUT2D eigenvalue weighted by Gasteiger charge is -2.23. The zero-order chi connectivity index (χ0) is 13.4. The molecule has 0 aromatic carbocycles. The highest BCUT2D eigenvalue weighted by molar-refractivity contribution is 7.89. The lowest BCUT2D eigenvalue weighted by Crippen LogP contribution is -2.29. The van der Waals surface area contributed by atoms with E-state index in [1.807, 2.05) is 0 Å². The zero-order valence-corrected chi connectivity index (χ0v) is 12.6. The summed E-state index contributed by atoms with van der Waals surface area (Å²) >= 11 is 0. The summed E-state index contributed by atoms with van der Waals surface area (Å²) < 4.78 is 23.2. The standard InChI is InChI=1S/C14H29NO2S/c1-2-3-5-10-14(18(15,16)17)12-11-13-8-6-4-7-9-13/h13-14H,2-12H2,1H3,(H2,15,16,17). The maximum absolute atomic E-state index is 11.6. The van der Waals surface area contributed by atoms with Crippen LogP contribution in [0.2, 0.25) is 0 Å². The third kappa shape index (κ3) is 6.19. The molecule has 0 aromatic heterocycles. The van der Waals surface area contributed by atoms with E-state index in [0.717, 1.165) is 44.4 Å². The lowest BCUT2D eigenvalue weighted by molar-refractivity contribution is 0.328. The van der Waals surface area contributed by atoms with E-state index in [2.05, 4.69) is 6.92 Å². The van der Waals surface area contributed by atoms with E-state index in [1.54, 1.807) is 0 Å². The molecule has 2 N–H and O–H groups in total. The quantitative estimate of drug-likeness (QED) is 0.688. The number of primary sulfonamides is 1. The monoisotopic (exact) mass is 275 g/mol. The summed E-state index contributed by atoms with van der Waals surface area (Å²) in [7, 11) is -3.35. The van der Waals surface area contributed by atoms with Gasteiger partial charge in [-0.3, -0.25) is 0 Å². The van der Waals surface area contributed by atoms with Gasteiger partial charge in [0.15, 0.2) is 0 Å². The summed E-state index contributed by atoms with van der Waals surface area (Å²) in [5, 5.41) is 5.05. The molecule has 1 unspecified atom stereocenters. The van der Waals surface area contributed by atoms with Gasteiger partial charge in [0.25, 0.3) is 0 Å². The van der Waals surface area contributed by atoms with Gasteiger partial charge in [-0.25, -0.2) is 13.6 Å². The molecule has 0 aromatic rings. The predicted molar refractivity (Wildman–Crippen MR) is 76.8 cm³/mol. The van der Waals surface area contributed by atoms with Crippen LogP contribution in [0.5, 0.6) is 0 Å². The molecule has 0 spiro atoms. The van der Waals surface area contributed by atoms with E-state index >= 15 is 0 Å². The Bertz CT molecular complexity index is 308. The van der Waals surface area contributed by atoms with Gasteiger partial charge in [0, 0.05) is 0 Å².